The highest BCUT2D eigenvalue weighted by atomic mass is 16.5. The number of rotatable bonds is 5. The maximum Gasteiger partial charge on any atom is 0.248 e. The number of methoxy groups -OCH3 is 1. The summed E-state index contributed by atoms with van der Waals surface area (Å²) in [6, 6.07) is 4.91. The number of nitrogens with one attached hydrogen (secondary N) is 1. The van der Waals surface area contributed by atoms with Crippen molar-refractivity contribution in [2.45, 2.75) is 12.0 Å². The molecule has 6 heteroatoms. The van der Waals surface area contributed by atoms with Crippen LogP contribution in [0.5, 0.6) is 0 Å². The number of carbonyl (C=O) groups is 1. The smallest absolute Gasteiger partial charge is 0.248 e. The molecule has 1 amide bonds. The van der Waals surface area contributed by atoms with Crippen LogP contribution in [0.3, 0.4) is 0 Å². The lowest BCUT2D eigenvalue weighted by Crippen LogP contribution is -2.39. The molecule has 0 aromatic heterocycles. The van der Waals surface area contributed by atoms with Crippen LogP contribution in [0, 0.1) is 0 Å². The maximum absolute atomic E-state index is 11.2. The molecule has 0 aliphatic carbocycles. The number of benzene rings is 1. The third-order valence-corrected chi connectivity index (χ3v) is 3.44. The fourth-order valence-corrected chi connectivity index (χ4v) is 2.08. The van der Waals surface area contributed by atoms with Gasteiger partial charge in [-0.3, -0.25) is 4.79 Å². The van der Waals surface area contributed by atoms with Gasteiger partial charge in [0.15, 0.2) is 0 Å². The molecule has 1 aromatic rings. The topological polar surface area (TPSA) is 99.6 Å². The minimum Gasteiger partial charge on any atom is -0.397 e. The SMILES string of the molecule is COC1(CNc2cc(C(N)=O)ccc2N)CCOC1. The van der Waals surface area contributed by atoms with Gasteiger partial charge in [-0.2, -0.15) is 0 Å². The van der Waals surface area contributed by atoms with E-state index in [1.807, 2.05) is 0 Å². The summed E-state index contributed by atoms with van der Waals surface area (Å²) in [7, 11) is 1.67. The van der Waals surface area contributed by atoms with Crippen LogP contribution in [0.2, 0.25) is 0 Å². The van der Waals surface area contributed by atoms with E-state index in [1.54, 1.807) is 25.3 Å². The summed E-state index contributed by atoms with van der Waals surface area (Å²) in [5.41, 5.74) is 12.5. The molecule has 0 radical (unpaired) electrons. The van der Waals surface area contributed by atoms with Crippen LogP contribution in [0.1, 0.15) is 16.8 Å². The third-order valence-electron chi connectivity index (χ3n) is 3.44. The number of primary amides is 1. The first kappa shape index (κ1) is 13.6. The zero-order chi connectivity index (χ0) is 13.9. The number of amides is 1. The van der Waals surface area contributed by atoms with Crippen molar-refractivity contribution in [2.24, 2.45) is 5.73 Å². The van der Waals surface area contributed by atoms with E-state index in [2.05, 4.69) is 5.32 Å². The highest BCUT2D eigenvalue weighted by molar-refractivity contribution is 5.94. The van der Waals surface area contributed by atoms with Crippen molar-refractivity contribution in [1.29, 1.82) is 0 Å². The quantitative estimate of drug-likeness (QED) is 0.676. The van der Waals surface area contributed by atoms with Gasteiger partial charge in [-0.25, -0.2) is 0 Å². The fraction of sp³-hybridized carbons (Fsp3) is 0.462. The second-order valence-corrected chi connectivity index (χ2v) is 4.71. The zero-order valence-electron chi connectivity index (χ0n) is 10.9. The van der Waals surface area contributed by atoms with Gasteiger partial charge in [-0.1, -0.05) is 0 Å². The molecule has 0 saturated carbocycles. The lowest BCUT2D eigenvalue weighted by atomic mass is 10.0. The molecule has 6 nitrogen and oxygen atoms in total. The van der Waals surface area contributed by atoms with Crippen molar-refractivity contribution >= 4 is 17.3 Å². The molecule has 0 bridgehead atoms. The number of anilines is 2. The van der Waals surface area contributed by atoms with Crippen LogP contribution in [-0.4, -0.2) is 38.4 Å². The summed E-state index contributed by atoms with van der Waals surface area (Å²) in [4.78, 5) is 11.2. The highest BCUT2D eigenvalue weighted by Crippen LogP contribution is 2.25. The Bertz CT molecular complexity index is 470. The van der Waals surface area contributed by atoms with Crippen LogP contribution >= 0.6 is 0 Å². The monoisotopic (exact) mass is 265 g/mol. The fourth-order valence-electron chi connectivity index (χ4n) is 2.08. The molecule has 1 fully saturated rings. The predicted molar refractivity (Wildman–Crippen MR) is 73.0 cm³/mol. The number of hydrogen-bond donors (Lipinski definition) is 3. The van der Waals surface area contributed by atoms with Gasteiger partial charge < -0.3 is 26.3 Å². The number of nitrogen functional groups attached to an aromatic ring is 1. The van der Waals surface area contributed by atoms with E-state index in [-0.39, 0.29) is 5.60 Å². The Morgan fingerprint density at radius 2 is 2.37 bits per heavy atom. The second kappa shape index (κ2) is 5.46. The predicted octanol–water partition coefficient (Wildman–Crippen LogP) is 0.585. The first-order valence-electron chi connectivity index (χ1n) is 6.12. The molecule has 19 heavy (non-hydrogen) atoms. The van der Waals surface area contributed by atoms with Crippen molar-refractivity contribution in [1.82, 2.24) is 0 Å². The molecule has 1 saturated heterocycles. The van der Waals surface area contributed by atoms with Gasteiger partial charge >= 0.3 is 0 Å². The standard InChI is InChI=1S/C13H19N3O3/c1-18-13(4-5-19-8-13)7-16-11-6-9(12(15)17)2-3-10(11)14/h2-3,6,16H,4-5,7-8,14H2,1H3,(H2,15,17). The number of carbonyl (C=O) groups excluding carboxylic acids is 1. The van der Waals surface area contributed by atoms with Gasteiger partial charge in [-0.05, 0) is 18.2 Å². The first-order valence-corrected chi connectivity index (χ1v) is 6.12. The third kappa shape index (κ3) is 2.97. The Hall–Kier alpha value is -1.79. The minimum atomic E-state index is -0.478. The molecule has 0 spiro atoms. The molecule has 104 valence electrons. The summed E-state index contributed by atoms with van der Waals surface area (Å²) in [6.07, 6.45) is 0.825. The van der Waals surface area contributed by atoms with Gasteiger partial charge in [0.25, 0.3) is 0 Å². The van der Waals surface area contributed by atoms with Crippen molar-refractivity contribution in [3.63, 3.8) is 0 Å². The van der Waals surface area contributed by atoms with Gasteiger partial charge in [-0.15, -0.1) is 0 Å². The van der Waals surface area contributed by atoms with Crippen molar-refractivity contribution in [2.75, 3.05) is 37.9 Å². The van der Waals surface area contributed by atoms with E-state index >= 15 is 0 Å². The summed E-state index contributed by atoms with van der Waals surface area (Å²) < 4.78 is 10.9. The van der Waals surface area contributed by atoms with Crippen LogP contribution in [0.4, 0.5) is 11.4 Å². The van der Waals surface area contributed by atoms with Gasteiger partial charge in [0, 0.05) is 32.2 Å². The van der Waals surface area contributed by atoms with Crippen molar-refractivity contribution in [3.05, 3.63) is 23.8 Å². The first-order chi connectivity index (χ1) is 9.06. The Balaban J connectivity index is 2.10. The largest absolute Gasteiger partial charge is 0.397 e. The van der Waals surface area contributed by atoms with E-state index in [9.17, 15) is 4.79 Å². The lowest BCUT2D eigenvalue weighted by molar-refractivity contribution is -0.00618. The number of nitrogens with two attached hydrogens (primary N) is 2. The molecule has 1 atom stereocenters. The molecule has 1 aliphatic rings. The highest BCUT2D eigenvalue weighted by Gasteiger charge is 2.34. The van der Waals surface area contributed by atoms with Crippen LogP contribution < -0.4 is 16.8 Å². The molecular formula is C13H19N3O3. The summed E-state index contributed by atoms with van der Waals surface area (Å²) in [6.45, 7) is 1.80. The number of hydrogen-bond acceptors (Lipinski definition) is 5. The molecule has 1 aliphatic heterocycles. The van der Waals surface area contributed by atoms with Crippen LogP contribution in [-0.2, 0) is 9.47 Å². The molecule has 2 rings (SSSR count). The minimum absolute atomic E-state index is 0.338. The number of ether oxygens (including phenoxy) is 2. The normalized spacial score (nSPS) is 22.4. The Kier molecular flexibility index (Phi) is 3.92. The van der Waals surface area contributed by atoms with Gasteiger partial charge in [0.1, 0.15) is 5.60 Å². The van der Waals surface area contributed by atoms with Crippen LogP contribution in [0.25, 0.3) is 0 Å². The van der Waals surface area contributed by atoms with E-state index in [0.717, 1.165) is 6.42 Å². The van der Waals surface area contributed by atoms with E-state index in [1.165, 1.54) is 0 Å². The maximum atomic E-state index is 11.2. The average Bonchev–Trinajstić information content (AvgIpc) is 2.87. The molecule has 1 aromatic carbocycles. The van der Waals surface area contributed by atoms with Crippen molar-refractivity contribution in [3.8, 4) is 0 Å². The van der Waals surface area contributed by atoms with Crippen molar-refractivity contribution < 1.29 is 14.3 Å². The summed E-state index contributed by atoms with van der Waals surface area (Å²) >= 11 is 0. The molecule has 5 N–H and O–H groups in total. The Labute approximate surface area is 112 Å². The van der Waals surface area contributed by atoms with Gasteiger partial charge in [0.05, 0.1) is 18.0 Å². The Morgan fingerprint density at radius 3 is 2.95 bits per heavy atom. The van der Waals surface area contributed by atoms with E-state index < -0.39 is 5.91 Å². The summed E-state index contributed by atoms with van der Waals surface area (Å²) in [5.74, 6) is -0.478. The Morgan fingerprint density at radius 1 is 1.58 bits per heavy atom. The molecular weight excluding hydrogens is 246 g/mol. The molecule has 1 heterocycles. The molecule has 1 unspecified atom stereocenters. The van der Waals surface area contributed by atoms with E-state index in [4.69, 9.17) is 20.9 Å². The lowest BCUT2D eigenvalue weighted by Gasteiger charge is -2.26. The zero-order valence-corrected chi connectivity index (χ0v) is 10.9. The van der Waals surface area contributed by atoms with Crippen LogP contribution in [0.15, 0.2) is 18.2 Å². The van der Waals surface area contributed by atoms with Gasteiger partial charge in [0.2, 0.25) is 5.91 Å². The van der Waals surface area contributed by atoms with E-state index in [0.29, 0.717) is 36.7 Å². The average molecular weight is 265 g/mol. The summed E-state index contributed by atoms with van der Waals surface area (Å²) in [5, 5.41) is 3.20. The second-order valence-electron chi connectivity index (χ2n) is 4.71.